The molecule has 0 spiro atoms. The van der Waals surface area contributed by atoms with Crippen LogP contribution in [-0.4, -0.2) is 59.1 Å². The Kier molecular flexibility index (Phi) is 4.29. The van der Waals surface area contributed by atoms with Crippen molar-refractivity contribution in [1.29, 1.82) is 0 Å². The highest BCUT2D eigenvalue weighted by atomic mass is 16.5. The number of ether oxygens (including phenoxy) is 1. The number of aryl methyl sites for hydroxylation is 1. The normalized spacial score (nSPS) is 17.7. The van der Waals surface area contributed by atoms with E-state index in [0.29, 0.717) is 18.7 Å². The molecule has 122 valence electrons. The zero-order valence-corrected chi connectivity index (χ0v) is 13.3. The Balaban J connectivity index is 1.59. The highest BCUT2D eigenvalue weighted by Gasteiger charge is 2.26. The van der Waals surface area contributed by atoms with Crippen molar-refractivity contribution in [3.8, 4) is 0 Å². The molecule has 1 atom stereocenters. The summed E-state index contributed by atoms with van der Waals surface area (Å²) in [5.74, 6) is -0.356. The molecule has 3 rings (SSSR count). The van der Waals surface area contributed by atoms with E-state index >= 15 is 0 Å². The quantitative estimate of drug-likeness (QED) is 0.894. The van der Waals surface area contributed by atoms with Crippen LogP contribution in [0.5, 0.6) is 0 Å². The molecule has 0 unspecified atom stereocenters. The zero-order valence-electron chi connectivity index (χ0n) is 13.3. The van der Waals surface area contributed by atoms with Crippen LogP contribution in [0.15, 0.2) is 24.5 Å². The number of nitrogens with one attached hydrogen (secondary N) is 1. The van der Waals surface area contributed by atoms with Crippen molar-refractivity contribution >= 4 is 22.8 Å². The average molecular weight is 316 g/mol. The number of likely N-dealkylation sites (tertiary alicyclic amines) is 1. The van der Waals surface area contributed by atoms with E-state index in [4.69, 9.17) is 4.74 Å². The van der Waals surface area contributed by atoms with Crippen LogP contribution in [0.2, 0.25) is 0 Å². The minimum atomic E-state index is -0.270. The summed E-state index contributed by atoms with van der Waals surface area (Å²) in [6.07, 6.45) is 2.64. The van der Waals surface area contributed by atoms with E-state index in [1.54, 1.807) is 30.5 Å². The Bertz CT molecular complexity index is 740. The standard InChI is InChI=1S/C16H20N4O3/c1-19-10-18-13-7-11(3-4-14(13)19)16(22)17-8-15(21)20-6-5-12(9-20)23-2/h3-4,7,10,12H,5-6,8-9H2,1-2H3,(H,17,22)/t12-/m1/s1. The Morgan fingerprint density at radius 3 is 3.00 bits per heavy atom. The number of imidazole rings is 1. The fraction of sp³-hybridized carbons (Fsp3) is 0.438. The molecule has 2 aromatic rings. The first kappa shape index (κ1) is 15.5. The topological polar surface area (TPSA) is 76.5 Å². The molecule has 1 aromatic carbocycles. The van der Waals surface area contributed by atoms with Crippen molar-refractivity contribution in [2.75, 3.05) is 26.7 Å². The molecule has 1 aromatic heterocycles. The third-order valence-corrected chi connectivity index (χ3v) is 4.22. The van der Waals surface area contributed by atoms with E-state index in [2.05, 4.69) is 10.3 Å². The lowest BCUT2D eigenvalue weighted by molar-refractivity contribution is -0.129. The van der Waals surface area contributed by atoms with Gasteiger partial charge in [0.05, 0.1) is 30.0 Å². The molecule has 7 heteroatoms. The van der Waals surface area contributed by atoms with Crippen molar-refractivity contribution in [3.63, 3.8) is 0 Å². The minimum Gasteiger partial charge on any atom is -0.380 e. The van der Waals surface area contributed by atoms with Crippen LogP contribution >= 0.6 is 0 Å². The third kappa shape index (κ3) is 3.19. The van der Waals surface area contributed by atoms with Gasteiger partial charge < -0.3 is 19.5 Å². The van der Waals surface area contributed by atoms with Crippen LogP contribution in [0.25, 0.3) is 11.0 Å². The van der Waals surface area contributed by atoms with E-state index in [1.807, 2.05) is 17.7 Å². The summed E-state index contributed by atoms with van der Waals surface area (Å²) in [5.41, 5.74) is 2.22. The minimum absolute atomic E-state index is 0.00444. The molecular weight excluding hydrogens is 296 g/mol. The average Bonchev–Trinajstić information content (AvgIpc) is 3.19. The van der Waals surface area contributed by atoms with Gasteiger partial charge in [0.2, 0.25) is 5.91 Å². The van der Waals surface area contributed by atoms with Gasteiger partial charge in [-0.15, -0.1) is 0 Å². The second kappa shape index (κ2) is 6.37. The van der Waals surface area contributed by atoms with Crippen molar-refractivity contribution in [2.45, 2.75) is 12.5 Å². The highest BCUT2D eigenvalue weighted by molar-refractivity contribution is 5.99. The second-order valence-electron chi connectivity index (χ2n) is 5.73. The summed E-state index contributed by atoms with van der Waals surface area (Å²) < 4.78 is 7.13. The Labute approximate surface area is 134 Å². The van der Waals surface area contributed by atoms with Crippen LogP contribution in [-0.2, 0) is 16.6 Å². The number of aromatic nitrogens is 2. The Hall–Kier alpha value is -2.41. The van der Waals surface area contributed by atoms with Crippen LogP contribution in [0.3, 0.4) is 0 Å². The third-order valence-electron chi connectivity index (χ3n) is 4.22. The summed E-state index contributed by atoms with van der Waals surface area (Å²) in [7, 11) is 3.55. The fourth-order valence-corrected chi connectivity index (χ4v) is 2.79. The van der Waals surface area contributed by atoms with Gasteiger partial charge in [-0.25, -0.2) is 4.98 Å². The number of amides is 2. The monoisotopic (exact) mass is 316 g/mol. The number of fused-ring (bicyclic) bond motifs is 1. The SMILES string of the molecule is CO[C@@H]1CCN(C(=O)CNC(=O)c2ccc3c(c2)ncn3C)C1. The molecule has 1 saturated heterocycles. The smallest absolute Gasteiger partial charge is 0.251 e. The van der Waals surface area contributed by atoms with Crippen molar-refractivity contribution in [3.05, 3.63) is 30.1 Å². The maximum atomic E-state index is 12.2. The first-order valence-corrected chi connectivity index (χ1v) is 7.58. The van der Waals surface area contributed by atoms with Gasteiger partial charge in [0.1, 0.15) is 0 Å². The van der Waals surface area contributed by atoms with Crippen molar-refractivity contribution < 1.29 is 14.3 Å². The predicted molar refractivity (Wildman–Crippen MR) is 85.0 cm³/mol. The molecule has 2 amide bonds. The first-order valence-electron chi connectivity index (χ1n) is 7.58. The second-order valence-corrected chi connectivity index (χ2v) is 5.73. The molecule has 23 heavy (non-hydrogen) atoms. The number of methoxy groups -OCH3 is 1. The van der Waals surface area contributed by atoms with E-state index in [1.165, 1.54) is 0 Å². The van der Waals surface area contributed by atoms with Gasteiger partial charge in [-0.05, 0) is 24.6 Å². The van der Waals surface area contributed by atoms with Crippen LogP contribution in [0.4, 0.5) is 0 Å². The molecule has 0 radical (unpaired) electrons. The predicted octanol–water partition coefficient (Wildman–Crippen LogP) is 0.550. The molecule has 2 heterocycles. The molecule has 0 saturated carbocycles. The van der Waals surface area contributed by atoms with Gasteiger partial charge in [0, 0.05) is 32.8 Å². The number of hydrogen-bond acceptors (Lipinski definition) is 4. The van der Waals surface area contributed by atoms with Crippen LogP contribution in [0.1, 0.15) is 16.8 Å². The number of benzene rings is 1. The van der Waals surface area contributed by atoms with Gasteiger partial charge >= 0.3 is 0 Å². The van der Waals surface area contributed by atoms with Gasteiger partial charge in [-0.2, -0.15) is 0 Å². The summed E-state index contributed by atoms with van der Waals surface area (Å²) in [4.78, 5) is 30.2. The molecule has 0 aliphatic carbocycles. The van der Waals surface area contributed by atoms with Gasteiger partial charge in [-0.3, -0.25) is 9.59 Å². The van der Waals surface area contributed by atoms with Crippen molar-refractivity contribution in [2.24, 2.45) is 7.05 Å². The lowest BCUT2D eigenvalue weighted by atomic mass is 10.2. The number of carbonyl (C=O) groups excluding carboxylic acids is 2. The van der Waals surface area contributed by atoms with E-state index in [9.17, 15) is 9.59 Å². The summed E-state index contributed by atoms with van der Waals surface area (Å²) in [6, 6.07) is 5.31. The van der Waals surface area contributed by atoms with Crippen LogP contribution < -0.4 is 5.32 Å². The van der Waals surface area contributed by atoms with E-state index < -0.39 is 0 Å². The maximum absolute atomic E-state index is 12.2. The molecular formula is C16H20N4O3. The zero-order chi connectivity index (χ0) is 16.4. The molecule has 0 bridgehead atoms. The lowest BCUT2D eigenvalue weighted by Gasteiger charge is -2.16. The van der Waals surface area contributed by atoms with Crippen LogP contribution in [0, 0.1) is 0 Å². The van der Waals surface area contributed by atoms with Gasteiger partial charge in [-0.1, -0.05) is 0 Å². The number of hydrogen-bond donors (Lipinski definition) is 1. The number of carbonyl (C=O) groups is 2. The number of rotatable bonds is 4. The highest BCUT2D eigenvalue weighted by Crippen LogP contribution is 2.14. The summed E-state index contributed by atoms with van der Waals surface area (Å²) >= 11 is 0. The van der Waals surface area contributed by atoms with Gasteiger partial charge in [0.15, 0.2) is 0 Å². The molecule has 1 aliphatic heterocycles. The summed E-state index contributed by atoms with van der Waals surface area (Å²) in [6.45, 7) is 1.26. The lowest BCUT2D eigenvalue weighted by Crippen LogP contribution is -2.39. The molecule has 1 aliphatic rings. The Morgan fingerprint density at radius 2 is 2.26 bits per heavy atom. The number of nitrogens with zero attached hydrogens (tertiary/aromatic N) is 3. The first-order chi connectivity index (χ1) is 11.1. The summed E-state index contributed by atoms with van der Waals surface area (Å²) in [5, 5.41) is 2.67. The van der Waals surface area contributed by atoms with E-state index in [0.717, 1.165) is 17.5 Å². The fourth-order valence-electron chi connectivity index (χ4n) is 2.79. The molecule has 7 nitrogen and oxygen atoms in total. The van der Waals surface area contributed by atoms with Gasteiger partial charge in [0.25, 0.3) is 5.91 Å². The Morgan fingerprint density at radius 1 is 1.43 bits per heavy atom. The maximum Gasteiger partial charge on any atom is 0.251 e. The van der Waals surface area contributed by atoms with E-state index in [-0.39, 0.29) is 24.5 Å². The largest absolute Gasteiger partial charge is 0.380 e. The molecule has 1 N–H and O–H groups in total. The molecule has 1 fully saturated rings. The van der Waals surface area contributed by atoms with Crippen molar-refractivity contribution in [1.82, 2.24) is 19.8 Å².